The van der Waals surface area contributed by atoms with Gasteiger partial charge in [-0.3, -0.25) is 14.6 Å². The summed E-state index contributed by atoms with van der Waals surface area (Å²) in [4.78, 5) is 31.4. The highest BCUT2D eigenvalue weighted by atomic mass is 16.2. The summed E-state index contributed by atoms with van der Waals surface area (Å²) in [6, 6.07) is 14.3. The molecule has 1 atom stereocenters. The largest absolute Gasteiger partial charge is 0.342 e. The van der Waals surface area contributed by atoms with Crippen LogP contribution in [0.4, 0.5) is 0 Å². The number of nitrogens with zero attached hydrogens (tertiary/aromatic N) is 2. The lowest BCUT2D eigenvalue weighted by Gasteiger charge is -2.24. The maximum atomic E-state index is 12.8. The third kappa shape index (κ3) is 3.39. The molecule has 4 heteroatoms. The normalized spacial score (nSPS) is 11.7. The first-order valence-electron chi connectivity index (χ1n) is 7.48. The minimum Gasteiger partial charge on any atom is -0.342 e. The van der Waals surface area contributed by atoms with Crippen LogP contribution in [0.3, 0.4) is 0 Å². The number of likely N-dealkylation sites (N-methyl/N-ethyl adjacent to an activating group) is 1. The van der Waals surface area contributed by atoms with E-state index in [4.69, 9.17) is 0 Å². The van der Waals surface area contributed by atoms with Crippen molar-refractivity contribution in [2.45, 2.75) is 19.8 Å². The van der Waals surface area contributed by atoms with Gasteiger partial charge in [0.25, 0.3) is 0 Å². The van der Waals surface area contributed by atoms with Crippen LogP contribution in [0.5, 0.6) is 0 Å². The smallest absolute Gasteiger partial charge is 0.238 e. The van der Waals surface area contributed by atoms with E-state index in [0.29, 0.717) is 24.3 Å². The Morgan fingerprint density at radius 3 is 2.18 bits per heavy atom. The Bertz CT molecular complexity index is 622. The first kappa shape index (κ1) is 15.9. The second kappa shape index (κ2) is 7.50. The Kier molecular flexibility index (Phi) is 5.42. The van der Waals surface area contributed by atoms with Crippen LogP contribution in [0, 0.1) is 0 Å². The van der Waals surface area contributed by atoms with Crippen molar-refractivity contribution in [2.75, 3.05) is 13.1 Å². The van der Waals surface area contributed by atoms with Crippen LogP contribution in [0.15, 0.2) is 54.7 Å². The van der Waals surface area contributed by atoms with E-state index in [1.807, 2.05) is 44.2 Å². The highest BCUT2D eigenvalue weighted by molar-refractivity contribution is 6.13. The molecule has 0 radical (unpaired) electrons. The van der Waals surface area contributed by atoms with Crippen LogP contribution in [0.2, 0.25) is 0 Å². The monoisotopic (exact) mass is 296 g/mol. The maximum Gasteiger partial charge on any atom is 0.238 e. The minimum absolute atomic E-state index is 0.174. The zero-order valence-corrected chi connectivity index (χ0v) is 12.9. The van der Waals surface area contributed by atoms with Crippen LogP contribution in [0.25, 0.3) is 0 Å². The Hall–Kier alpha value is -2.49. The molecule has 1 aromatic carbocycles. The number of carbonyl (C=O) groups is 2. The van der Waals surface area contributed by atoms with Gasteiger partial charge in [-0.25, -0.2) is 0 Å². The molecule has 0 saturated carbocycles. The molecule has 0 saturated heterocycles. The summed E-state index contributed by atoms with van der Waals surface area (Å²) >= 11 is 0. The van der Waals surface area contributed by atoms with Gasteiger partial charge in [0, 0.05) is 19.3 Å². The highest BCUT2D eigenvalue weighted by Crippen LogP contribution is 2.22. The van der Waals surface area contributed by atoms with Crippen molar-refractivity contribution in [2.24, 2.45) is 0 Å². The molecule has 0 bridgehead atoms. The number of amides is 1. The minimum atomic E-state index is -0.837. The third-order valence-corrected chi connectivity index (χ3v) is 3.63. The Labute approximate surface area is 130 Å². The zero-order chi connectivity index (χ0) is 15.9. The quantitative estimate of drug-likeness (QED) is 0.608. The first-order chi connectivity index (χ1) is 10.7. The molecule has 22 heavy (non-hydrogen) atoms. The standard InChI is InChI=1S/C18H20N2O2/c1-3-20(4-2)18(22)16(14-10-6-5-7-11-14)17(21)15-12-8-9-13-19-15/h5-13,16H,3-4H2,1-2H3. The van der Waals surface area contributed by atoms with E-state index in [1.54, 1.807) is 29.3 Å². The molecular weight excluding hydrogens is 276 g/mol. The van der Waals surface area contributed by atoms with E-state index in [-0.39, 0.29) is 11.7 Å². The van der Waals surface area contributed by atoms with Crippen molar-refractivity contribution in [1.29, 1.82) is 0 Å². The molecule has 0 aliphatic carbocycles. The number of aromatic nitrogens is 1. The average Bonchev–Trinajstić information content (AvgIpc) is 2.58. The van der Waals surface area contributed by atoms with Crippen molar-refractivity contribution in [1.82, 2.24) is 9.88 Å². The van der Waals surface area contributed by atoms with E-state index < -0.39 is 5.92 Å². The number of ketones is 1. The van der Waals surface area contributed by atoms with Crippen molar-refractivity contribution in [3.05, 3.63) is 66.0 Å². The van der Waals surface area contributed by atoms with E-state index >= 15 is 0 Å². The fourth-order valence-electron chi connectivity index (χ4n) is 2.43. The molecule has 2 aromatic rings. The summed E-state index contributed by atoms with van der Waals surface area (Å²) in [5.41, 5.74) is 1.02. The molecule has 1 heterocycles. The molecule has 0 N–H and O–H groups in total. The van der Waals surface area contributed by atoms with Crippen molar-refractivity contribution in [3.8, 4) is 0 Å². The molecule has 114 valence electrons. The first-order valence-corrected chi connectivity index (χ1v) is 7.48. The van der Waals surface area contributed by atoms with Gasteiger partial charge in [0.15, 0.2) is 5.78 Å². The molecule has 0 spiro atoms. The van der Waals surface area contributed by atoms with Gasteiger partial charge in [-0.1, -0.05) is 36.4 Å². The number of pyridine rings is 1. The number of benzene rings is 1. The molecule has 4 nitrogen and oxygen atoms in total. The van der Waals surface area contributed by atoms with E-state index in [2.05, 4.69) is 4.98 Å². The summed E-state index contributed by atoms with van der Waals surface area (Å²) in [7, 11) is 0. The average molecular weight is 296 g/mol. The topological polar surface area (TPSA) is 50.3 Å². The number of rotatable bonds is 6. The highest BCUT2D eigenvalue weighted by Gasteiger charge is 2.32. The molecular formula is C18H20N2O2. The van der Waals surface area contributed by atoms with Crippen LogP contribution < -0.4 is 0 Å². The second-order valence-electron chi connectivity index (χ2n) is 4.93. The van der Waals surface area contributed by atoms with Gasteiger partial charge >= 0.3 is 0 Å². The Morgan fingerprint density at radius 1 is 1.00 bits per heavy atom. The second-order valence-corrected chi connectivity index (χ2v) is 4.93. The summed E-state index contributed by atoms with van der Waals surface area (Å²) in [5.74, 6) is -1.27. The van der Waals surface area contributed by atoms with Gasteiger partial charge in [-0.2, -0.15) is 0 Å². The lowest BCUT2D eigenvalue weighted by molar-refractivity contribution is -0.131. The van der Waals surface area contributed by atoms with Crippen molar-refractivity contribution < 1.29 is 9.59 Å². The lowest BCUT2D eigenvalue weighted by Crippen LogP contribution is -2.38. The predicted molar refractivity (Wildman–Crippen MR) is 85.7 cm³/mol. The van der Waals surface area contributed by atoms with Gasteiger partial charge in [-0.15, -0.1) is 0 Å². The zero-order valence-electron chi connectivity index (χ0n) is 12.9. The summed E-state index contributed by atoms with van der Waals surface area (Å²) in [6.45, 7) is 4.98. The lowest BCUT2D eigenvalue weighted by atomic mass is 9.91. The van der Waals surface area contributed by atoms with Crippen molar-refractivity contribution in [3.63, 3.8) is 0 Å². The molecule has 0 fully saturated rings. The number of Topliss-reactive ketones (excluding diaryl/α,β-unsaturated/α-hetero) is 1. The SMILES string of the molecule is CCN(CC)C(=O)C(C(=O)c1ccccn1)c1ccccc1. The van der Waals surface area contributed by atoms with Gasteiger partial charge in [0.2, 0.25) is 5.91 Å². The molecule has 1 unspecified atom stereocenters. The Morgan fingerprint density at radius 2 is 1.64 bits per heavy atom. The van der Waals surface area contributed by atoms with Crippen LogP contribution in [-0.4, -0.2) is 34.7 Å². The van der Waals surface area contributed by atoms with E-state index in [1.165, 1.54) is 0 Å². The summed E-state index contributed by atoms with van der Waals surface area (Å²) < 4.78 is 0. The Balaban J connectivity index is 2.42. The molecule has 1 aromatic heterocycles. The molecule has 0 aliphatic rings. The molecule has 0 aliphatic heterocycles. The van der Waals surface area contributed by atoms with E-state index in [9.17, 15) is 9.59 Å². The third-order valence-electron chi connectivity index (χ3n) is 3.63. The van der Waals surface area contributed by atoms with Gasteiger partial charge in [0.05, 0.1) is 0 Å². The fraction of sp³-hybridized carbons (Fsp3) is 0.278. The predicted octanol–water partition coefficient (Wildman–Crippen LogP) is 2.92. The summed E-state index contributed by atoms with van der Waals surface area (Å²) in [6.07, 6.45) is 1.57. The van der Waals surface area contributed by atoms with Gasteiger partial charge < -0.3 is 4.90 Å². The van der Waals surface area contributed by atoms with E-state index in [0.717, 1.165) is 0 Å². The fourth-order valence-corrected chi connectivity index (χ4v) is 2.43. The van der Waals surface area contributed by atoms with Crippen LogP contribution in [-0.2, 0) is 4.79 Å². The maximum absolute atomic E-state index is 12.8. The van der Waals surface area contributed by atoms with Crippen LogP contribution in [0.1, 0.15) is 35.8 Å². The summed E-state index contributed by atoms with van der Waals surface area (Å²) in [5, 5.41) is 0. The number of hydrogen-bond acceptors (Lipinski definition) is 3. The van der Waals surface area contributed by atoms with Gasteiger partial charge in [0.1, 0.15) is 11.6 Å². The number of hydrogen-bond donors (Lipinski definition) is 0. The molecule has 1 amide bonds. The van der Waals surface area contributed by atoms with Gasteiger partial charge in [-0.05, 0) is 31.5 Å². The number of carbonyl (C=O) groups excluding carboxylic acids is 2. The van der Waals surface area contributed by atoms with Crippen molar-refractivity contribution >= 4 is 11.7 Å². The molecule has 2 rings (SSSR count). The van der Waals surface area contributed by atoms with Crippen LogP contribution >= 0.6 is 0 Å².